The second kappa shape index (κ2) is 8.16. The summed E-state index contributed by atoms with van der Waals surface area (Å²) in [6.07, 6.45) is 3.27. The van der Waals surface area contributed by atoms with Crippen molar-refractivity contribution < 1.29 is 9.90 Å². The monoisotopic (exact) mass is 267 g/mol. The largest absolute Gasteiger partial charge is 0.393 e. The van der Waals surface area contributed by atoms with Gasteiger partial charge < -0.3 is 10.4 Å². The fourth-order valence-corrected chi connectivity index (χ4v) is 2.15. The summed E-state index contributed by atoms with van der Waals surface area (Å²) < 4.78 is 0. The van der Waals surface area contributed by atoms with Crippen LogP contribution in [0.5, 0.6) is 0 Å². The van der Waals surface area contributed by atoms with Crippen molar-refractivity contribution in [3.8, 4) is 0 Å². The SMILES string of the molecule is CSCc1ccc(C(=O)NCCCC(C)O)cc1. The van der Waals surface area contributed by atoms with E-state index in [0.29, 0.717) is 18.5 Å². The van der Waals surface area contributed by atoms with E-state index in [1.54, 1.807) is 18.7 Å². The van der Waals surface area contributed by atoms with Gasteiger partial charge in [-0.15, -0.1) is 0 Å². The van der Waals surface area contributed by atoms with Crippen LogP contribution in [0.4, 0.5) is 0 Å². The van der Waals surface area contributed by atoms with Gasteiger partial charge in [-0.1, -0.05) is 12.1 Å². The first-order valence-electron chi connectivity index (χ1n) is 6.17. The average Bonchev–Trinajstić information content (AvgIpc) is 2.35. The molecule has 0 aliphatic heterocycles. The molecule has 0 aromatic heterocycles. The maximum Gasteiger partial charge on any atom is 0.251 e. The molecule has 100 valence electrons. The van der Waals surface area contributed by atoms with E-state index in [1.807, 2.05) is 24.3 Å². The van der Waals surface area contributed by atoms with Gasteiger partial charge in [-0.05, 0) is 43.7 Å². The second-order valence-electron chi connectivity index (χ2n) is 4.38. The summed E-state index contributed by atoms with van der Waals surface area (Å²) in [5, 5.41) is 12.0. The molecule has 0 aliphatic carbocycles. The standard InChI is InChI=1S/C14H21NO2S/c1-11(16)4-3-9-15-14(17)13-7-5-12(6-8-13)10-18-2/h5-8,11,16H,3-4,9-10H2,1-2H3,(H,15,17). The molecule has 2 N–H and O–H groups in total. The maximum atomic E-state index is 11.8. The quantitative estimate of drug-likeness (QED) is 0.746. The molecule has 0 saturated heterocycles. The van der Waals surface area contributed by atoms with Gasteiger partial charge in [-0.3, -0.25) is 4.79 Å². The van der Waals surface area contributed by atoms with Gasteiger partial charge in [0.05, 0.1) is 6.10 Å². The van der Waals surface area contributed by atoms with E-state index in [0.717, 1.165) is 12.2 Å². The van der Waals surface area contributed by atoms with Crippen LogP contribution in [-0.4, -0.2) is 29.9 Å². The Morgan fingerprint density at radius 2 is 2.06 bits per heavy atom. The number of aliphatic hydroxyl groups excluding tert-OH is 1. The molecule has 1 unspecified atom stereocenters. The third kappa shape index (κ3) is 5.56. The van der Waals surface area contributed by atoms with Gasteiger partial charge in [-0.2, -0.15) is 11.8 Å². The van der Waals surface area contributed by atoms with Crippen LogP contribution in [0, 0.1) is 0 Å². The van der Waals surface area contributed by atoms with Crippen molar-refractivity contribution in [1.82, 2.24) is 5.32 Å². The lowest BCUT2D eigenvalue weighted by molar-refractivity contribution is 0.0949. The van der Waals surface area contributed by atoms with Crippen LogP contribution >= 0.6 is 11.8 Å². The molecule has 1 aromatic carbocycles. The second-order valence-corrected chi connectivity index (χ2v) is 5.24. The first-order valence-corrected chi connectivity index (χ1v) is 7.57. The molecule has 0 radical (unpaired) electrons. The van der Waals surface area contributed by atoms with Crippen molar-refractivity contribution in [2.75, 3.05) is 12.8 Å². The number of carbonyl (C=O) groups is 1. The summed E-state index contributed by atoms with van der Waals surface area (Å²) >= 11 is 1.76. The maximum absolute atomic E-state index is 11.8. The topological polar surface area (TPSA) is 49.3 Å². The number of benzene rings is 1. The average molecular weight is 267 g/mol. The Hall–Kier alpha value is -1.00. The van der Waals surface area contributed by atoms with Gasteiger partial charge in [0.2, 0.25) is 0 Å². The molecule has 1 aromatic rings. The summed E-state index contributed by atoms with van der Waals surface area (Å²) in [5.74, 6) is 0.923. The lowest BCUT2D eigenvalue weighted by Crippen LogP contribution is -2.25. The highest BCUT2D eigenvalue weighted by Gasteiger charge is 2.04. The van der Waals surface area contributed by atoms with Crippen molar-refractivity contribution in [1.29, 1.82) is 0 Å². The number of hydrogen-bond acceptors (Lipinski definition) is 3. The third-order valence-corrected chi connectivity index (χ3v) is 3.23. The van der Waals surface area contributed by atoms with E-state index < -0.39 is 0 Å². The van der Waals surface area contributed by atoms with E-state index in [2.05, 4.69) is 11.6 Å². The number of thioether (sulfide) groups is 1. The van der Waals surface area contributed by atoms with Gasteiger partial charge in [0, 0.05) is 17.9 Å². The number of aliphatic hydroxyl groups is 1. The normalized spacial score (nSPS) is 12.2. The summed E-state index contributed by atoms with van der Waals surface area (Å²) in [6, 6.07) is 7.69. The summed E-state index contributed by atoms with van der Waals surface area (Å²) in [4.78, 5) is 11.8. The molecule has 0 fully saturated rings. The zero-order valence-electron chi connectivity index (χ0n) is 11.0. The van der Waals surface area contributed by atoms with Crippen LogP contribution in [0.1, 0.15) is 35.7 Å². The first-order chi connectivity index (χ1) is 8.63. The minimum absolute atomic E-state index is 0.0451. The Labute approximate surface area is 113 Å². The van der Waals surface area contributed by atoms with Crippen molar-refractivity contribution in [3.05, 3.63) is 35.4 Å². The minimum atomic E-state index is -0.298. The Morgan fingerprint density at radius 1 is 1.39 bits per heavy atom. The van der Waals surface area contributed by atoms with Crippen molar-refractivity contribution in [3.63, 3.8) is 0 Å². The van der Waals surface area contributed by atoms with Crippen LogP contribution in [0.25, 0.3) is 0 Å². The molecule has 1 rings (SSSR count). The summed E-state index contributed by atoms with van der Waals surface area (Å²) in [5.41, 5.74) is 1.92. The van der Waals surface area contributed by atoms with Gasteiger partial charge in [-0.25, -0.2) is 0 Å². The van der Waals surface area contributed by atoms with E-state index in [9.17, 15) is 4.79 Å². The van der Waals surface area contributed by atoms with Crippen LogP contribution < -0.4 is 5.32 Å². The van der Waals surface area contributed by atoms with E-state index >= 15 is 0 Å². The smallest absolute Gasteiger partial charge is 0.251 e. The Balaban J connectivity index is 2.37. The molecule has 0 spiro atoms. The molecular weight excluding hydrogens is 246 g/mol. The molecule has 0 saturated carbocycles. The van der Waals surface area contributed by atoms with Crippen LogP contribution in [-0.2, 0) is 5.75 Å². The lowest BCUT2D eigenvalue weighted by atomic mass is 10.1. The molecule has 0 heterocycles. The molecule has 1 amide bonds. The Morgan fingerprint density at radius 3 is 2.61 bits per heavy atom. The van der Waals surface area contributed by atoms with Gasteiger partial charge in [0.25, 0.3) is 5.91 Å². The lowest BCUT2D eigenvalue weighted by Gasteiger charge is -2.07. The highest BCUT2D eigenvalue weighted by atomic mass is 32.2. The fourth-order valence-electron chi connectivity index (χ4n) is 1.62. The fraction of sp³-hybridized carbons (Fsp3) is 0.500. The Bertz CT molecular complexity index is 363. The molecule has 3 nitrogen and oxygen atoms in total. The molecule has 0 bridgehead atoms. The zero-order chi connectivity index (χ0) is 13.4. The van der Waals surface area contributed by atoms with Crippen LogP contribution in [0.2, 0.25) is 0 Å². The number of carbonyl (C=O) groups excluding carboxylic acids is 1. The molecule has 0 aliphatic rings. The minimum Gasteiger partial charge on any atom is -0.393 e. The van der Waals surface area contributed by atoms with Gasteiger partial charge in [0.1, 0.15) is 0 Å². The van der Waals surface area contributed by atoms with Crippen molar-refractivity contribution in [2.24, 2.45) is 0 Å². The van der Waals surface area contributed by atoms with Gasteiger partial charge in [0.15, 0.2) is 0 Å². The number of hydrogen-bond donors (Lipinski definition) is 2. The predicted molar refractivity (Wildman–Crippen MR) is 76.9 cm³/mol. The molecular formula is C14H21NO2S. The zero-order valence-corrected chi connectivity index (χ0v) is 11.8. The van der Waals surface area contributed by atoms with E-state index in [1.165, 1.54) is 5.56 Å². The summed E-state index contributed by atoms with van der Waals surface area (Å²) in [6.45, 7) is 2.36. The van der Waals surface area contributed by atoms with Crippen molar-refractivity contribution in [2.45, 2.75) is 31.6 Å². The Kier molecular flexibility index (Phi) is 6.83. The molecule has 4 heteroatoms. The number of rotatable bonds is 7. The number of nitrogens with one attached hydrogen (secondary N) is 1. The summed E-state index contributed by atoms with van der Waals surface area (Å²) in [7, 11) is 0. The molecule has 1 atom stereocenters. The van der Waals surface area contributed by atoms with Crippen LogP contribution in [0.3, 0.4) is 0 Å². The van der Waals surface area contributed by atoms with Crippen molar-refractivity contribution >= 4 is 17.7 Å². The first kappa shape index (κ1) is 15.1. The highest BCUT2D eigenvalue weighted by Crippen LogP contribution is 2.10. The highest BCUT2D eigenvalue weighted by molar-refractivity contribution is 7.97. The number of amides is 1. The van der Waals surface area contributed by atoms with Gasteiger partial charge >= 0.3 is 0 Å². The van der Waals surface area contributed by atoms with E-state index in [-0.39, 0.29) is 12.0 Å². The third-order valence-electron chi connectivity index (χ3n) is 2.61. The van der Waals surface area contributed by atoms with E-state index in [4.69, 9.17) is 5.11 Å². The predicted octanol–water partition coefficient (Wildman–Crippen LogP) is 2.44. The van der Waals surface area contributed by atoms with Crippen LogP contribution in [0.15, 0.2) is 24.3 Å². The molecule has 18 heavy (non-hydrogen) atoms.